The quantitative estimate of drug-likeness (QED) is 0.858. The van der Waals surface area contributed by atoms with E-state index in [4.69, 9.17) is 23.2 Å². The summed E-state index contributed by atoms with van der Waals surface area (Å²) in [7, 11) is 1.85. The average Bonchev–Trinajstić information content (AvgIpc) is 2.65. The fourth-order valence-electron chi connectivity index (χ4n) is 1.79. The Balaban J connectivity index is 2.41. The lowest BCUT2D eigenvalue weighted by molar-refractivity contribution is 0.624. The molecule has 1 N–H and O–H groups in total. The maximum absolute atomic E-state index is 13.2. The number of thiophene rings is 1. The molecule has 96 valence electrons. The summed E-state index contributed by atoms with van der Waals surface area (Å²) < 4.78 is 13.9. The van der Waals surface area contributed by atoms with Gasteiger partial charge in [-0.3, -0.25) is 0 Å². The predicted octanol–water partition coefficient (Wildman–Crippen LogP) is 4.81. The number of hydrogen-bond donors (Lipinski definition) is 1. The number of rotatable bonds is 3. The van der Waals surface area contributed by atoms with Gasteiger partial charge < -0.3 is 5.32 Å². The second kappa shape index (κ2) is 5.57. The molecule has 1 heterocycles. The van der Waals surface area contributed by atoms with Crippen molar-refractivity contribution in [1.29, 1.82) is 0 Å². The van der Waals surface area contributed by atoms with Crippen molar-refractivity contribution in [3.63, 3.8) is 0 Å². The Morgan fingerprint density at radius 2 is 2.00 bits per heavy atom. The van der Waals surface area contributed by atoms with Gasteiger partial charge in [0.05, 0.1) is 15.4 Å². The van der Waals surface area contributed by atoms with Crippen LogP contribution in [0.4, 0.5) is 4.39 Å². The van der Waals surface area contributed by atoms with Gasteiger partial charge in [0.1, 0.15) is 5.82 Å². The van der Waals surface area contributed by atoms with E-state index < -0.39 is 5.82 Å². The monoisotopic (exact) mass is 303 g/mol. The molecule has 18 heavy (non-hydrogen) atoms. The minimum absolute atomic E-state index is 0.0284. The minimum Gasteiger partial charge on any atom is -0.309 e. The van der Waals surface area contributed by atoms with Crippen molar-refractivity contribution in [1.82, 2.24) is 5.32 Å². The zero-order valence-electron chi connectivity index (χ0n) is 9.93. The van der Waals surface area contributed by atoms with Crippen LogP contribution in [0.15, 0.2) is 24.3 Å². The third kappa shape index (κ3) is 2.69. The van der Waals surface area contributed by atoms with Crippen LogP contribution in [0.2, 0.25) is 9.36 Å². The normalized spacial score (nSPS) is 12.7. The Hall–Kier alpha value is -0.610. The van der Waals surface area contributed by atoms with Crippen molar-refractivity contribution in [3.8, 4) is 0 Å². The molecule has 0 aliphatic rings. The molecule has 2 rings (SSSR count). The summed E-state index contributed by atoms with van der Waals surface area (Å²) in [6.45, 7) is 1.96. The zero-order valence-corrected chi connectivity index (χ0v) is 12.3. The topological polar surface area (TPSA) is 12.0 Å². The second-order valence-electron chi connectivity index (χ2n) is 4.00. The van der Waals surface area contributed by atoms with E-state index in [1.54, 1.807) is 12.1 Å². The van der Waals surface area contributed by atoms with Gasteiger partial charge >= 0.3 is 0 Å². The highest BCUT2D eigenvalue weighted by atomic mass is 35.5. The van der Waals surface area contributed by atoms with Crippen LogP contribution in [0, 0.1) is 12.7 Å². The first-order chi connectivity index (χ1) is 8.52. The first-order valence-electron chi connectivity index (χ1n) is 5.41. The lowest BCUT2D eigenvalue weighted by Crippen LogP contribution is -2.16. The number of benzene rings is 1. The Labute approximate surface area is 120 Å². The van der Waals surface area contributed by atoms with Crippen LogP contribution in [-0.2, 0) is 0 Å². The molecular formula is C13H12Cl2FNS. The summed E-state index contributed by atoms with van der Waals surface area (Å²) in [5.41, 5.74) is 1.96. The zero-order chi connectivity index (χ0) is 13.3. The first-order valence-corrected chi connectivity index (χ1v) is 6.98. The van der Waals surface area contributed by atoms with Gasteiger partial charge in [-0.2, -0.15) is 0 Å². The van der Waals surface area contributed by atoms with Crippen LogP contribution in [0.3, 0.4) is 0 Å². The molecule has 0 amide bonds. The molecule has 0 spiro atoms. The summed E-state index contributed by atoms with van der Waals surface area (Å²) in [5, 5.41) is 3.32. The Morgan fingerprint density at radius 3 is 2.50 bits per heavy atom. The third-order valence-corrected chi connectivity index (χ3v) is 4.64. The van der Waals surface area contributed by atoms with E-state index in [9.17, 15) is 4.39 Å². The van der Waals surface area contributed by atoms with Crippen molar-refractivity contribution < 1.29 is 4.39 Å². The number of aryl methyl sites for hydroxylation is 1. The fraction of sp³-hybridized carbons (Fsp3) is 0.231. The van der Waals surface area contributed by atoms with Crippen LogP contribution in [0.1, 0.15) is 22.0 Å². The first kappa shape index (κ1) is 13.8. The van der Waals surface area contributed by atoms with Gasteiger partial charge in [0.25, 0.3) is 0 Å². The molecule has 2 aromatic rings. The van der Waals surface area contributed by atoms with Gasteiger partial charge in [-0.25, -0.2) is 4.39 Å². The standard InChI is InChI=1S/C13H12Cl2FNS/c1-7-5-11(18-13(7)15)12(17-2)8-3-4-10(16)9(14)6-8/h3-6,12,17H,1-2H3. The summed E-state index contributed by atoms with van der Waals surface area (Å²) >= 11 is 13.4. The molecule has 1 atom stereocenters. The van der Waals surface area contributed by atoms with Gasteiger partial charge in [0, 0.05) is 4.88 Å². The largest absolute Gasteiger partial charge is 0.309 e. The maximum atomic E-state index is 13.2. The molecule has 1 aromatic heterocycles. The molecule has 1 unspecified atom stereocenters. The third-order valence-electron chi connectivity index (χ3n) is 2.73. The molecule has 0 aliphatic carbocycles. The van der Waals surface area contributed by atoms with E-state index in [2.05, 4.69) is 5.32 Å². The Bertz CT molecular complexity index is 549. The Morgan fingerprint density at radius 1 is 1.28 bits per heavy atom. The summed E-state index contributed by atoms with van der Waals surface area (Å²) in [4.78, 5) is 1.09. The van der Waals surface area contributed by atoms with Crippen LogP contribution >= 0.6 is 34.5 Å². The van der Waals surface area contributed by atoms with Crippen LogP contribution < -0.4 is 5.32 Å². The van der Waals surface area contributed by atoms with Crippen molar-refractivity contribution in [2.24, 2.45) is 0 Å². The lowest BCUT2D eigenvalue weighted by atomic mass is 10.1. The number of nitrogens with one attached hydrogen (secondary N) is 1. The Kier molecular flexibility index (Phi) is 4.28. The van der Waals surface area contributed by atoms with Gasteiger partial charge in [0.2, 0.25) is 0 Å². The van der Waals surface area contributed by atoms with Crippen molar-refractivity contribution in [2.75, 3.05) is 7.05 Å². The average molecular weight is 304 g/mol. The predicted molar refractivity (Wildman–Crippen MR) is 76.4 cm³/mol. The minimum atomic E-state index is -0.407. The molecule has 0 fully saturated rings. The maximum Gasteiger partial charge on any atom is 0.141 e. The van der Waals surface area contributed by atoms with Gasteiger partial charge in [-0.1, -0.05) is 29.3 Å². The van der Waals surface area contributed by atoms with Gasteiger partial charge in [-0.05, 0) is 43.3 Å². The van der Waals surface area contributed by atoms with E-state index >= 15 is 0 Å². The van der Waals surface area contributed by atoms with E-state index in [1.807, 2.05) is 20.0 Å². The van der Waals surface area contributed by atoms with Crippen LogP contribution in [-0.4, -0.2) is 7.05 Å². The van der Waals surface area contributed by atoms with Crippen molar-refractivity contribution in [2.45, 2.75) is 13.0 Å². The number of hydrogen-bond acceptors (Lipinski definition) is 2. The smallest absolute Gasteiger partial charge is 0.141 e. The van der Waals surface area contributed by atoms with E-state index in [0.717, 1.165) is 20.3 Å². The second-order valence-corrected chi connectivity index (χ2v) is 6.09. The molecule has 0 saturated carbocycles. The molecule has 0 radical (unpaired) electrons. The molecule has 0 aliphatic heterocycles. The van der Waals surface area contributed by atoms with Crippen LogP contribution in [0.25, 0.3) is 0 Å². The molecular weight excluding hydrogens is 292 g/mol. The van der Waals surface area contributed by atoms with Gasteiger partial charge in [-0.15, -0.1) is 11.3 Å². The molecule has 1 aromatic carbocycles. The fourth-order valence-corrected chi connectivity index (χ4v) is 3.34. The summed E-state index contributed by atoms with van der Waals surface area (Å²) in [5.74, 6) is -0.407. The molecule has 5 heteroatoms. The van der Waals surface area contributed by atoms with Crippen molar-refractivity contribution >= 4 is 34.5 Å². The number of halogens is 3. The molecule has 0 bridgehead atoms. The van der Waals surface area contributed by atoms with E-state index in [0.29, 0.717) is 0 Å². The highest BCUT2D eigenvalue weighted by molar-refractivity contribution is 7.16. The summed E-state index contributed by atoms with van der Waals surface area (Å²) in [6, 6.07) is 6.75. The molecule has 0 saturated heterocycles. The highest BCUT2D eigenvalue weighted by Crippen LogP contribution is 2.34. The van der Waals surface area contributed by atoms with Crippen molar-refractivity contribution in [3.05, 3.63) is 55.4 Å². The van der Waals surface area contributed by atoms with Gasteiger partial charge in [0.15, 0.2) is 0 Å². The summed E-state index contributed by atoms with van der Waals surface area (Å²) in [6.07, 6.45) is 0. The van der Waals surface area contributed by atoms with E-state index in [-0.39, 0.29) is 11.1 Å². The SMILES string of the molecule is CNC(c1ccc(F)c(Cl)c1)c1cc(C)c(Cl)s1. The van der Waals surface area contributed by atoms with E-state index in [1.165, 1.54) is 17.4 Å². The highest BCUT2D eigenvalue weighted by Gasteiger charge is 2.17. The lowest BCUT2D eigenvalue weighted by Gasteiger charge is -2.15. The van der Waals surface area contributed by atoms with Crippen LogP contribution in [0.5, 0.6) is 0 Å². The molecule has 1 nitrogen and oxygen atoms in total.